The molecule has 1 fully saturated rings. The fourth-order valence-electron chi connectivity index (χ4n) is 3.25. The molecule has 1 rings (SSSR count). The predicted octanol–water partition coefficient (Wildman–Crippen LogP) is 1.68. The SMILES string of the molecule is CCCC1(SC[C@H](NC(=O)[C@@H](N)CC(=O)O)C(=O)OC)CCCCC1. The van der Waals surface area contributed by atoms with Crippen LogP contribution in [0.3, 0.4) is 0 Å². The summed E-state index contributed by atoms with van der Waals surface area (Å²) in [6.45, 7) is 2.15. The number of thioether (sulfide) groups is 1. The Hall–Kier alpha value is -1.28. The summed E-state index contributed by atoms with van der Waals surface area (Å²) in [7, 11) is 1.27. The van der Waals surface area contributed by atoms with Gasteiger partial charge in [-0.05, 0) is 19.3 Å². The fourth-order valence-corrected chi connectivity index (χ4v) is 4.91. The van der Waals surface area contributed by atoms with Crippen LogP contribution in [-0.4, -0.2) is 52.6 Å². The minimum absolute atomic E-state index is 0.146. The lowest BCUT2D eigenvalue weighted by Gasteiger charge is -2.37. The molecule has 1 aliphatic carbocycles. The molecule has 0 heterocycles. The number of ether oxygens (including phenoxy) is 1. The van der Waals surface area contributed by atoms with E-state index in [0.29, 0.717) is 5.75 Å². The average molecular weight is 375 g/mol. The zero-order chi connectivity index (χ0) is 18.9. The first kappa shape index (κ1) is 21.8. The van der Waals surface area contributed by atoms with E-state index in [1.807, 2.05) is 0 Å². The highest BCUT2D eigenvalue weighted by molar-refractivity contribution is 8.00. The molecule has 1 amide bonds. The lowest BCUT2D eigenvalue weighted by Crippen LogP contribution is -2.51. The van der Waals surface area contributed by atoms with Crippen LogP contribution in [0.1, 0.15) is 58.3 Å². The molecular weight excluding hydrogens is 344 g/mol. The van der Waals surface area contributed by atoms with Gasteiger partial charge >= 0.3 is 11.9 Å². The second kappa shape index (κ2) is 10.7. The van der Waals surface area contributed by atoms with Crippen LogP contribution in [0.2, 0.25) is 0 Å². The van der Waals surface area contributed by atoms with Gasteiger partial charge in [-0.2, -0.15) is 11.8 Å². The molecule has 0 unspecified atom stereocenters. The van der Waals surface area contributed by atoms with Crippen LogP contribution in [0.25, 0.3) is 0 Å². The molecule has 7 nitrogen and oxygen atoms in total. The van der Waals surface area contributed by atoms with Crippen LogP contribution in [-0.2, 0) is 19.1 Å². The second-order valence-electron chi connectivity index (χ2n) is 6.59. The number of rotatable bonds is 10. The molecule has 2 atom stereocenters. The number of carbonyl (C=O) groups excluding carboxylic acids is 2. The summed E-state index contributed by atoms with van der Waals surface area (Å²) in [4.78, 5) is 34.7. The normalized spacial score (nSPS) is 18.8. The standard InChI is InChI=1S/C17H30N2O5S/c1-3-7-17(8-5-4-6-9-17)25-11-13(16(23)24-2)19-15(22)12(18)10-14(20)21/h12-13H,3-11,18H2,1-2H3,(H,19,22)(H,20,21)/t12-,13-/m0/s1. The number of aliphatic carboxylic acids is 1. The first-order chi connectivity index (χ1) is 11.8. The Morgan fingerprint density at radius 3 is 2.44 bits per heavy atom. The van der Waals surface area contributed by atoms with Crippen molar-refractivity contribution in [2.45, 2.75) is 75.1 Å². The van der Waals surface area contributed by atoms with E-state index in [1.165, 1.54) is 26.4 Å². The maximum absolute atomic E-state index is 12.0. The molecular formula is C17H30N2O5S. The highest BCUT2D eigenvalue weighted by Gasteiger charge is 2.34. The first-order valence-electron chi connectivity index (χ1n) is 8.83. The smallest absolute Gasteiger partial charge is 0.329 e. The van der Waals surface area contributed by atoms with Gasteiger partial charge in [0.1, 0.15) is 6.04 Å². The summed E-state index contributed by atoms with van der Waals surface area (Å²) in [6.07, 6.45) is 7.53. The molecule has 0 aromatic heterocycles. The summed E-state index contributed by atoms with van der Waals surface area (Å²) in [5, 5.41) is 11.3. The molecule has 0 bridgehead atoms. The van der Waals surface area contributed by atoms with Gasteiger partial charge in [-0.15, -0.1) is 0 Å². The minimum atomic E-state index is -1.19. The number of carboxylic acids is 1. The van der Waals surface area contributed by atoms with Gasteiger partial charge < -0.3 is 20.9 Å². The summed E-state index contributed by atoms with van der Waals surface area (Å²) in [5.41, 5.74) is 5.57. The number of nitrogens with two attached hydrogens (primary N) is 1. The van der Waals surface area contributed by atoms with Crippen molar-refractivity contribution in [3.8, 4) is 0 Å². The number of carbonyl (C=O) groups is 3. The van der Waals surface area contributed by atoms with E-state index < -0.39 is 36.4 Å². The molecule has 0 spiro atoms. The summed E-state index contributed by atoms with van der Waals surface area (Å²) >= 11 is 1.72. The maximum Gasteiger partial charge on any atom is 0.329 e. The largest absolute Gasteiger partial charge is 0.481 e. The zero-order valence-electron chi connectivity index (χ0n) is 15.1. The molecule has 0 saturated heterocycles. The number of esters is 1. The van der Waals surface area contributed by atoms with E-state index in [0.717, 1.165) is 25.7 Å². The van der Waals surface area contributed by atoms with Gasteiger partial charge in [0.2, 0.25) is 5.91 Å². The van der Waals surface area contributed by atoms with Crippen LogP contribution in [0.5, 0.6) is 0 Å². The molecule has 0 aromatic rings. The van der Waals surface area contributed by atoms with E-state index >= 15 is 0 Å². The third-order valence-electron chi connectivity index (χ3n) is 4.56. The molecule has 1 saturated carbocycles. The molecule has 1 aliphatic rings. The van der Waals surface area contributed by atoms with Crippen molar-refractivity contribution in [1.82, 2.24) is 5.32 Å². The van der Waals surface area contributed by atoms with Gasteiger partial charge in [0, 0.05) is 10.5 Å². The molecule has 0 aromatic carbocycles. The van der Waals surface area contributed by atoms with E-state index in [9.17, 15) is 14.4 Å². The third-order valence-corrected chi connectivity index (χ3v) is 6.28. The minimum Gasteiger partial charge on any atom is -0.481 e. The molecule has 25 heavy (non-hydrogen) atoms. The van der Waals surface area contributed by atoms with Gasteiger partial charge in [0.25, 0.3) is 0 Å². The Labute approximate surface area is 153 Å². The van der Waals surface area contributed by atoms with E-state index in [2.05, 4.69) is 12.2 Å². The summed E-state index contributed by atoms with van der Waals surface area (Å²) in [6, 6.07) is -2.01. The maximum atomic E-state index is 12.0. The summed E-state index contributed by atoms with van der Waals surface area (Å²) in [5.74, 6) is -1.94. The number of hydrogen-bond acceptors (Lipinski definition) is 6. The second-order valence-corrected chi connectivity index (χ2v) is 8.08. The van der Waals surface area contributed by atoms with Crippen molar-refractivity contribution in [1.29, 1.82) is 0 Å². The molecule has 8 heteroatoms. The Morgan fingerprint density at radius 2 is 1.92 bits per heavy atom. The van der Waals surface area contributed by atoms with Crippen LogP contribution in [0.15, 0.2) is 0 Å². The van der Waals surface area contributed by atoms with Crippen molar-refractivity contribution in [3.63, 3.8) is 0 Å². The van der Waals surface area contributed by atoms with Crippen molar-refractivity contribution >= 4 is 29.6 Å². The zero-order valence-corrected chi connectivity index (χ0v) is 15.9. The number of nitrogens with one attached hydrogen (secondary N) is 1. The Bertz CT molecular complexity index is 460. The molecule has 0 aliphatic heterocycles. The Balaban J connectivity index is 2.70. The molecule has 0 radical (unpaired) electrons. The lowest BCUT2D eigenvalue weighted by atomic mass is 9.85. The highest BCUT2D eigenvalue weighted by atomic mass is 32.2. The number of amides is 1. The van der Waals surface area contributed by atoms with E-state index in [4.69, 9.17) is 15.6 Å². The van der Waals surface area contributed by atoms with Crippen LogP contribution in [0.4, 0.5) is 0 Å². The van der Waals surface area contributed by atoms with Crippen molar-refractivity contribution in [3.05, 3.63) is 0 Å². The van der Waals surface area contributed by atoms with E-state index in [-0.39, 0.29) is 4.75 Å². The van der Waals surface area contributed by atoms with E-state index in [1.54, 1.807) is 11.8 Å². The monoisotopic (exact) mass is 374 g/mol. The number of methoxy groups -OCH3 is 1. The number of carboxylic acid groups (broad SMARTS) is 1. The highest BCUT2D eigenvalue weighted by Crippen LogP contribution is 2.43. The van der Waals surface area contributed by atoms with Crippen molar-refractivity contribution in [2.24, 2.45) is 5.73 Å². The molecule has 144 valence electrons. The Morgan fingerprint density at radius 1 is 1.28 bits per heavy atom. The van der Waals surface area contributed by atoms with Crippen molar-refractivity contribution in [2.75, 3.05) is 12.9 Å². The van der Waals surface area contributed by atoms with Crippen molar-refractivity contribution < 1.29 is 24.2 Å². The van der Waals surface area contributed by atoms with Crippen LogP contribution >= 0.6 is 11.8 Å². The van der Waals surface area contributed by atoms with Crippen LogP contribution < -0.4 is 11.1 Å². The third kappa shape index (κ3) is 7.23. The van der Waals surface area contributed by atoms with Gasteiger partial charge in [-0.1, -0.05) is 32.6 Å². The Kier molecular flexibility index (Phi) is 9.27. The number of hydrogen-bond donors (Lipinski definition) is 3. The topological polar surface area (TPSA) is 119 Å². The van der Waals surface area contributed by atoms with Gasteiger partial charge in [0.05, 0.1) is 19.6 Å². The first-order valence-corrected chi connectivity index (χ1v) is 9.81. The van der Waals surface area contributed by atoms with Gasteiger partial charge in [0.15, 0.2) is 0 Å². The quantitative estimate of drug-likeness (QED) is 0.498. The predicted molar refractivity (Wildman–Crippen MR) is 97.4 cm³/mol. The fraction of sp³-hybridized carbons (Fsp3) is 0.824. The molecule has 4 N–H and O–H groups in total. The van der Waals surface area contributed by atoms with Crippen LogP contribution in [0, 0.1) is 0 Å². The summed E-state index contributed by atoms with van der Waals surface area (Å²) < 4.78 is 4.93. The lowest BCUT2D eigenvalue weighted by molar-refractivity contribution is -0.144. The van der Waals surface area contributed by atoms with Gasteiger partial charge in [-0.3, -0.25) is 9.59 Å². The average Bonchev–Trinajstić information content (AvgIpc) is 2.58. The van der Waals surface area contributed by atoms with Gasteiger partial charge in [-0.25, -0.2) is 4.79 Å².